The van der Waals surface area contributed by atoms with Crippen LogP contribution < -0.4 is 21.3 Å². The molecule has 238 valence electrons. The molecule has 1 aliphatic carbocycles. The minimum Gasteiger partial charge on any atom is -0.362 e. The first kappa shape index (κ1) is 33.8. The van der Waals surface area contributed by atoms with Crippen LogP contribution in [0, 0.1) is 17.6 Å². The predicted molar refractivity (Wildman–Crippen MR) is 136 cm³/mol. The quantitative estimate of drug-likeness (QED) is 0.251. The number of hydrogen-bond donors (Lipinski definition) is 4. The van der Waals surface area contributed by atoms with Crippen LogP contribution >= 0.6 is 0 Å². The number of benzene rings is 2. The first-order valence-electron chi connectivity index (χ1n) is 13.1. The molecule has 16 heteroatoms. The Balaban J connectivity index is 0.000000546. The molecule has 0 aromatic heterocycles. The third-order valence-corrected chi connectivity index (χ3v) is 6.64. The molecular formula is C27H28F10N4O2. The molecule has 1 fully saturated rings. The lowest BCUT2D eigenvalue weighted by Gasteiger charge is -2.22. The Bertz CT molecular complexity index is 1260. The summed E-state index contributed by atoms with van der Waals surface area (Å²) < 4.78 is 127. The third-order valence-electron chi connectivity index (χ3n) is 6.64. The average Bonchev–Trinajstić information content (AvgIpc) is 3.32. The van der Waals surface area contributed by atoms with E-state index < -0.39 is 65.8 Å². The van der Waals surface area contributed by atoms with Crippen LogP contribution in [-0.2, 0) is 11.3 Å². The highest BCUT2D eigenvalue weighted by molar-refractivity contribution is 5.94. The molecule has 1 heterocycles. The van der Waals surface area contributed by atoms with E-state index in [2.05, 4.69) is 16.0 Å². The van der Waals surface area contributed by atoms with Gasteiger partial charge in [-0.05, 0) is 48.7 Å². The van der Waals surface area contributed by atoms with Gasteiger partial charge in [-0.1, -0.05) is 12.5 Å². The number of alkyl halides is 8. The van der Waals surface area contributed by atoms with E-state index in [4.69, 9.17) is 0 Å². The van der Waals surface area contributed by atoms with Gasteiger partial charge < -0.3 is 21.3 Å². The van der Waals surface area contributed by atoms with E-state index in [1.165, 1.54) is 12.1 Å². The van der Waals surface area contributed by atoms with Gasteiger partial charge in [0.25, 0.3) is 5.91 Å². The van der Waals surface area contributed by atoms with E-state index in [1.807, 2.05) is 5.32 Å². The maximum Gasteiger partial charge on any atom is 0.400 e. The Labute approximate surface area is 239 Å². The fourth-order valence-electron chi connectivity index (χ4n) is 4.37. The summed E-state index contributed by atoms with van der Waals surface area (Å²) in [7, 11) is 0. The average molecular weight is 631 g/mol. The standard InChI is InChI=1S/C21H18F8N4O2.C6H10F2/c22-11-2-3-13(23)12(6-11)19(35)31-9-17-32-14-4-1-10(5-15(14)33-17)8-30-18(34)7-16(20(24,25)26)21(27,28)29;7-6(8)4-2-1-3-5-6/h1-6,16-17,32-33H,7-9H2,(H,30,34)(H,31,35);1-5H2. The van der Waals surface area contributed by atoms with E-state index >= 15 is 0 Å². The Hall–Kier alpha value is -3.72. The molecule has 2 amide bonds. The summed E-state index contributed by atoms with van der Waals surface area (Å²) in [4.78, 5) is 23.8. The molecule has 6 nitrogen and oxygen atoms in total. The molecule has 1 aliphatic heterocycles. The molecule has 4 rings (SSSR count). The molecule has 4 N–H and O–H groups in total. The van der Waals surface area contributed by atoms with Crippen molar-refractivity contribution in [3.05, 3.63) is 59.2 Å². The van der Waals surface area contributed by atoms with Gasteiger partial charge in [-0.2, -0.15) is 26.3 Å². The first-order valence-corrected chi connectivity index (χ1v) is 13.1. The van der Waals surface area contributed by atoms with E-state index in [0.717, 1.165) is 24.6 Å². The maximum absolute atomic E-state index is 13.7. The molecule has 1 atom stereocenters. The molecule has 43 heavy (non-hydrogen) atoms. The lowest BCUT2D eigenvalue weighted by Crippen LogP contribution is -2.40. The second-order valence-corrected chi connectivity index (χ2v) is 10.1. The van der Waals surface area contributed by atoms with Crippen molar-refractivity contribution in [3.8, 4) is 0 Å². The van der Waals surface area contributed by atoms with Gasteiger partial charge in [-0.3, -0.25) is 9.59 Å². The number of hydrogen-bond acceptors (Lipinski definition) is 4. The van der Waals surface area contributed by atoms with Crippen molar-refractivity contribution in [1.82, 2.24) is 10.6 Å². The summed E-state index contributed by atoms with van der Waals surface area (Å²) in [6.07, 6.45) is -10.9. The Kier molecular flexibility index (Phi) is 10.8. The molecule has 0 bridgehead atoms. The van der Waals surface area contributed by atoms with E-state index in [9.17, 15) is 53.5 Å². The van der Waals surface area contributed by atoms with Crippen molar-refractivity contribution in [2.75, 3.05) is 17.2 Å². The topological polar surface area (TPSA) is 82.3 Å². The molecule has 2 aromatic rings. The third kappa shape index (κ3) is 10.2. The van der Waals surface area contributed by atoms with Crippen molar-refractivity contribution < 1.29 is 53.5 Å². The van der Waals surface area contributed by atoms with E-state index in [0.29, 0.717) is 29.8 Å². The number of carbonyl (C=O) groups is 2. The highest BCUT2D eigenvalue weighted by atomic mass is 19.4. The summed E-state index contributed by atoms with van der Waals surface area (Å²) in [6, 6.07) is 6.98. The molecule has 1 saturated carbocycles. The fourth-order valence-corrected chi connectivity index (χ4v) is 4.37. The van der Waals surface area contributed by atoms with Crippen molar-refractivity contribution in [2.45, 2.75) is 69.5 Å². The van der Waals surface area contributed by atoms with Gasteiger partial charge in [-0.15, -0.1) is 0 Å². The number of halogens is 10. The van der Waals surface area contributed by atoms with Crippen LogP contribution in [0.5, 0.6) is 0 Å². The zero-order valence-electron chi connectivity index (χ0n) is 22.4. The van der Waals surface area contributed by atoms with Gasteiger partial charge in [0.05, 0.1) is 23.5 Å². The largest absolute Gasteiger partial charge is 0.400 e. The Morgan fingerprint density at radius 1 is 0.860 bits per heavy atom. The summed E-state index contributed by atoms with van der Waals surface area (Å²) in [6.45, 7) is -0.373. The SMILES string of the molecule is FC1(F)CCCCC1.O=C(CC(C(F)(F)F)C(F)(F)F)NCc1ccc2c(c1)NC(CNC(=O)c1cc(F)ccc1F)N2. The number of rotatable bonds is 7. The Morgan fingerprint density at radius 3 is 2.07 bits per heavy atom. The smallest absolute Gasteiger partial charge is 0.362 e. The monoisotopic (exact) mass is 630 g/mol. The van der Waals surface area contributed by atoms with Gasteiger partial charge in [-0.25, -0.2) is 17.6 Å². The van der Waals surface area contributed by atoms with Crippen LogP contribution in [0.4, 0.5) is 55.3 Å². The molecule has 0 saturated heterocycles. The molecule has 1 unspecified atom stereocenters. The minimum absolute atomic E-state index is 0.0498. The molecule has 2 aliphatic rings. The molecule has 2 aromatic carbocycles. The maximum atomic E-state index is 13.7. The van der Waals surface area contributed by atoms with Gasteiger partial charge in [0.1, 0.15) is 17.8 Å². The van der Waals surface area contributed by atoms with Crippen molar-refractivity contribution in [3.63, 3.8) is 0 Å². The van der Waals surface area contributed by atoms with Gasteiger partial charge in [0, 0.05) is 25.8 Å². The van der Waals surface area contributed by atoms with Crippen LogP contribution in [-0.4, -0.2) is 42.8 Å². The second-order valence-electron chi connectivity index (χ2n) is 10.1. The van der Waals surface area contributed by atoms with Crippen LogP contribution in [0.15, 0.2) is 36.4 Å². The predicted octanol–water partition coefficient (Wildman–Crippen LogP) is 6.89. The Morgan fingerprint density at radius 2 is 1.49 bits per heavy atom. The summed E-state index contributed by atoms with van der Waals surface area (Å²) >= 11 is 0. The van der Waals surface area contributed by atoms with Gasteiger partial charge >= 0.3 is 12.4 Å². The van der Waals surface area contributed by atoms with Crippen LogP contribution in [0.1, 0.15) is 54.4 Å². The van der Waals surface area contributed by atoms with E-state index in [-0.39, 0.29) is 25.9 Å². The van der Waals surface area contributed by atoms with Crippen LogP contribution in [0.2, 0.25) is 0 Å². The van der Waals surface area contributed by atoms with Gasteiger partial charge in [0.2, 0.25) is 11.8 Å². The van der Waals surface area contributed by atoms with Crippen LogP contribution in [0.25, 0.3) is 0 Å². The van der Waals surface area contributed by atoms with Crippen LogP contribution in [0.3, 0.4) is 0 Å². The minimum atomic E-state index is -5.61. The molecule has 0 spiro atoms. The number of fused-ring (bicyclic) bond motifs is 1. The summed E-state index contributed by atoms with van der Waals surface area (Å²) in [5, 5.41) is 10.4. The highest BCUT2D eigenvalue weighted by Gasteiger charge is 2.57. The van der Waals surface area contributed by atoms with Crippen molar-refractivity contribution in [1.29, 1.82) is 0 Å². The molecule has 0 radical (unpaired) electrons. The summed E-state index contributed by atoms with van der Waals surface area (Å²) in [5.41, 5.74) is 0.951. The van der Waals surface area contributed by atoms with E-state index in [1.54, 1.807) is 6.07 Å². The normalized spacial score (nSPS) is 17.6. The molecular weight excluding hydrogens is 602 g/mol. The zero-order valence-corrected chi connectivity index (χ0v) is 22.4. The fraction of sp³-hybridized carbons (Fsp3) is 0.481. The van der Waals surface area contributed by atoms with Crippen molar-refractivity contribution >= 4 is 23.2 Å². The summed E-state index contributed by atoms with van der Waals surface area (Å²) in [5.74, 6) is -10.0. The lowest BCUT2D eigenvalue weighted by molar-refractivity contribution is -0.284. The number of anilines is 2. The zero-order chi connectivity index (χ0) is 32.0. The van der Waals surface area contributed by atoms with Crippen molar-refractivity contribution in [2.24, 2.45) is 5.92 Å². The second kappa shape index (κ2) is 13.7. The highest BCUT2D eigenvalue weighted by Crippen LogP contribution is 2.41. The number of nitrogens with one attached hydrogen (secondary N) is 4. The first-order chi connectivity index (χ1) is 19.9. The number of carbonyl (C=O) groups excluding carboxylic acids is 2. The van der Waals surface area contributed by atoms with Gasteiger partial charge in [0.15, 0.2) is 5.92 Å². The lowest BCUT2D eigenvalue weighted by atomic mass is 9.97. The number of amides is 2.